The minimum absolute atomic E-state index is 0.264. The molecule has 0 aliphatic heterocycles. The van der Waals surface area contributed by atoms with E-state index in [4.69, 9.17) is 9.47 Å². The molecule has 4 nitrogen and oxygen atoms in total. The number of aliphatic hydroxyl groups is 1. The molecule has 0 amide bonds. The Morgan fingerprint density at radius 3 is 2.47 bits per heavy atom. The van der Waals surface area contributed by atoms with Crippen molar-refractivity contribution in [2.75, 3.05) is 20.3 Å². The summed E-state index contributed by atoms with van der Waals surface area (Å²) >= 11 is 0. The van der Waals surface area contributed by atoms with Gasteiger partial charge in [-0.15, -0.1) is 13.2 Å². The molecule has 1 N–H and O–H groups in total. The number of hydrogen-bond acceptors (Lipinski definition) is 4. The molecule has 0 aromatic heterocycles. The second kappa shape index (κ2) is 6.63. The summed E-state index contributed by atoms with van der Waals surface area (Å²) in [7, 11) is 1.45. The summed E-state index contributed by atoms with van der Waals surface area (Å²) in [5.41, 5.74) is 0.466. The van der Waals surface area contributed by atoms with Gasteiger partial charge in [-0.25, -0.2) is 0 Å². The van der Waals surface area contributed by atoms with Crippen LogP contribution >= 0.6 is 0 Å². The number of aliphatic hydroxyl groups excluding tert-OH is 1. The molecule has 0 aliphatic carbocycles. The first-order valence-electron chi connectivity index (χ1n) is 5.53. The zero-order chi connectivity index (χ0) is 14.5. The molecule has 19 heavy (non-hydrogen) atoms. The number of alkyl halides is 3. The highest BCUT2D eigenvalue weighted by molar-refractivity contribution is 5.41. The molecule has 1 aromatic rings. The van der Waals surface area contributed by atoms with Crippen LogP contribution in [0.1, 0.15) is 18.6 Å². The molecule has 1 rings (SSSR count). The predicted molar refractivity (Wildman–Crippen MR) is 61.1 cm³/mol. The lowest BCUT2D eigenvalue weighted by molar-refractivity contribution is -0.325. The lowest BCUT2D eigenvalue weighted by atomic mass is 10.1. The SMILES string of the molecule is COc1ccc([C@H](C)O)c(OCCOC(F)(F)F)c1. The number of methoxy groups -OCH3 is 1. The van der Waals surface area contributed by atoms with Crippen LogP contribution in [0.15, 0.2) is 18.2 Å². The van der Waals surface area contributed by atoms with E-state index in [9.17, 15) is 18.3 Å². The van der Waals surface area contributed by atoms with E-state index in [-0.39, 0.29) is 12.4 Å². The Kier molecular flexibility index (Phi) is 5.44. The van der Waals surface area contributed by atoms with Crippen LogP contribution in [0.5, 0.6) is 11.5 Å². The van der Waals surface area contributed by atoms with Gasteiger partial charge in [-0.3, -0.25) is 4.74 Å². The molecule has 0 unspecified atom stereocenters. The summed E-state index contributed by atoms with van der Waals surface area (Å²) in [4.78, 5) is 0. The van der Waals surface area contributed by atoms with Gasteiger partial charge in [0, 0.05) is 11.6 Å². The van der Waals surface area contributed by atoms with Crippen molar-refractivity contribution in [3.63, 3.8) is 0 Å². The zero-order valence-corrected chi connectivity index (χ0v) is 10.5. The van der Waals surface area contributed by atoms with Crippen LogP contribution in [0.4, 0.5) is 13.2 Å². The number of ether oxygens (including phenoxy) is 3. The van der Waals surface area contributed by atoms with Crippen LogP contribution in [0, 0.1) is 0 Å². The first kappa shape index (κ1) is 15.6. The van der Waals surface area contributed by atoms with Crippen molar-refractivity contribution >= 4 is 0 Å². The second-order valence-electron chi connectivity index (χ2n) is 3.72. The first-order valence-corrected chi connectivity index (χ1v) is 5.53. The number of hydrogen-bond donors (Lipinski definition) is 1. The van der Waals surface area contributed by atoms with Gasteiger partial charge in [-0.05, 0) is 19.1 Å². The van der Waals surface area contributed by atoms with Crippen LogP contribution in [-0.4, -0.2) is 31.8 Å². The maximum atomic E-state index is 11.8. The van der Waals surface area contributed by atoms with E-state index in [2.05, 4.69) is 4.74 Å². The van der Waals surface area contributed by atoms with E-state index >= 15 is 0 Å². The summed E-state index contributed by atoms with van der Waals surface area (Å²) in [6.45, 7) is 0.618. The van der Waals surface area contributed by atoms with Gasteiger partial charge in [0.15, 0.2) is 0 Å². The van der Waals surface area contributed by atoms with Gasteiger partial charge in [0.25, 0.3) is 0 Å². The molecular weight excluding hydrogens is 265 g/mol. The molecule has 1 atom stereocenters. The van der Waals surface area contributed by atoms with Gasteiger partial charge in [-0.1, -0.05) is 0 Å². The van der Waals surface area contributed by atoms with Crippen molar-refractivity contribution in [2.24, 2.45) is 0 Å². The first-order chi connectivity index (χ1) is 8.83. The Morgan fingerprint density at radius 2 is 1.95 bits per heavy atom. The van der Waals surface area contributed by atoms with Crippen molar-refractivity contribution < 1.29 is 32.5 Å². The van der Waals surface area contributed by atoms with Gasteiger partial charge in [-0.2, -0.15) is 0 Å². The third-order valence-electron chi connectivity index (χ3n) is 2.28. The average Bonchev–Trinajstić information content (AvgIpc) is 2.33. The van der Waals surface area contributed by atoms with Crippen molar-refractivity contribution in [3.05, 3.63) is 23.8 Å². The molecule has 0 saturated carbocycles. The molecule has 0 heterocycles. The van der Waals surface area contributed by atoms with E-state index in [1.54, 1.807) is 12.1 Å². The Balaban J connectivity index is 2.65. The minimum Gasteiger partial charge on any atom is -0.497 e. The van der Waals surface area contributed by atoms with Crippen molar-refractivity contribution in [3.8, 4) is 11.5 Å². The number of benzene rings is 1. The van der Waals surface area contributed by atoms with E-state index < -0.39 is 19.1 Å². The van der Waals surface area contributed by atoms with Crippen LogP contribution in [0.25, 0.3) is 0 Å². The van der Waals surface area contributed by atoms with Crippen molar-refractivity contribution in [1.29, 1.82) is 0 Å². The normalized spacial score (nSPS) is 13.2. The van der Waals surface area contributed by atoms with Crippen molar-refractivity contribution in [1.82, 2.24) is 0 Å². The molecular formula is C12H15F3O4. The minimum atomic E-state index is -4.68. The van der Waals surface area contributed by atoms with Gasteiger partial charge < -0.3 is 14.6 Å². The zero-order valence-electron chi connectivity index (χ0n) is 10.5. The molecule has 0 saturated heterocycles. The quantitative estimate of drug-likeness (QED) is 0.814. The smallest absolute Gasteiger partial charge is 0.497 e. The molecule has 7 heteroatoms. The summed E-state index contributed by atoms with van der Waals surface area (Å²) < 4.78 is 49.0. The molecule has 0 radical (unpaired) electrons. The molecule has 0 spiro atoms. The van der Waals surface area contributed by atoms with Gasteiger partial charge in [0.05, 0.1) is 19.8 Å². The van der Waals surface area contributed by atoms with E-state index in [1.165, 1.54) is 20.1 Å². The average molecular weight is 280 g/mol. The highest BCUT2D eigenvalue weighted by Gasteiger charge is 2.28. The van der Waals surface area contributed by atoms with Crippen LogP contribution in [0.3, 0.4) is 0 Å². The van der Waals surface area contributed by atoms with Gasteiger partial charge in [0.1, 0.15) is 18.1 Å². The number of rotatable bonds is 6. The summed E-state index contributed by atoms with van der Waals surface area (Å²) in [6.07, 6.45) is -5.48. The largest absolute Gasteiger partial charge is 0.522 e. The molecule has 0 bridgehead atoms. The summed E-state index contributed by atoms with van der Waals surface area (Å²) in [6, 6.07) is 4.71. The fourth-order valence-corrected chi connectivity index (χ4v) is 1.42. The molecule has 0 fully saturated rings. The second-order valence-corrected chi connectivity index (χ2v) is 3.72. The monoisotopic (exact) mass is 280 g/mol. The fraction of sp³-hybridized carbons (Fsp3) is 0.500. The van der Waals surface area contributed by atoms with E-state index in [1.807, 2.05) is 0 Å². The van der Waals surface area contributed by atoms with Crippen LogP contribution in [0.2, 0.25) is 0 Å². The molecule has 108 valence electrons. The Bertz CT molecular complexity index is 404. The molecule has 0 aliphatic rings. The van der Waals surface area contributed by atoms with Crippen LogP contribution < -0.4 is 9.47 Å². The Hall–Kier alpha value is -1.47. The lowest BCUT2D eigenvalue weighted by Crippen LogP contribution is -2.18. The summed E-state index contributed by atoms with van der Waals surface area (Å²) in [5, 5.41) is 9.52. The third kappa shape index (κ3) is 5.35. The molecule has 1 aromatic carbocycles. The predicted octanol–water partition coefficient (Wildman–Crippen LogP) is 2.66. The maximum absolute atomic E-state index is 11.8. The topological polar surface area (TPSA) is 47.9 Å². The van der Waals surface area contributed by atoms with E-state index in [0.717, 1.165) is 0 Å². The third-order valence-corrected chi connectivity index (χ3v) is 2.28. The van der Waals surface area contributed by atoms with E-state index in [0.29, 0.717) is 11.3 Å². The fourth-order valence-electron chi connectivity index (χ4n) is 1.42. The lowest BCUT2D eigenvalue weighted by Gasteiger charge is -2.15. The highest BCUT2D eigenvalue weighted by Crippen LogP contribution is 2.29. The van der Waals surface area contributed by atoms with Gasteiger partial charge >= 0.3 is 6.36 Å². The van der Waals surface area contributed by atoms with Crippen LogP contribution in [-0.2, 0) is 4.74 Å². The standard InChI is InChI=1S/C12H15F3O4/c1-8(16)10-4-3-9(17-2)7-11(10)18-5-6-19-12(13,14)15/h3-4,7-8,16H,5-6H2,1-2H3/t8-/m0/s1. The Morgan fingerprint density at radius 1 is 1.26 bits per heavy atom. The Labute approximate surface area is 108 Å². The number of halogens is 3. The maximum Gasteiger partial charge on any atom is 0.522 e. The van der Waals surface area contributed by atoms with Crippen molar-refractivity contribution in [2.45, 2.75) is 19.4 Å². The summed E-state index contributed by atoms with van der Waals surface area (Å²) in [5.74, 6) is 0.747. The highest BCUT2D eigenvalue weighted by atomic mass is 19.4. The van der Waals surface area contributed by atoms with Gasteiger partial charge in [0.2, 0.25) is 0 Å².